The van der Waals surface area contributed by atoms with E-state index in [0.717, 1.165) is 48.3 Å². The van der Waals surface area contributed by atoms with Crippen LogP contribution in [-0.2, 0) is 0 Å². The third-order valence-electron chi connectivity index (χ3n) is 4.26. The summed E-state index contributed by atoms with van der Waals surface area (Å²) in [5, 5.41) is 11.9. The smallest absolute Gasteiger partial charge is 0.226 e. The number of benzene rings is 1. The van der Waals surface area contributed by atoms with Gasteiger partial charge in [-0.05, 0) is 42.6 Å². The van der Waals surface area contributed by atoms with E-state index in [1.165, 1.54) is 0 Å². The largest absolute Gasteiger partial charge is 0.383 e. The molecule has 1 aliphatic heterocycles. The van der Waals surface area contributed by atoms with E-state index in [9.17, 15) is 0 Å². The van der Waals surface area contributed by atoms with Gasteiger partial charge in [-0.1, -0.05) is 0 Å². The third-order valence-corrected chi connectivity index (χ3v) is 4.43. The molecule has 24 heavy (non-hydrogen) atoms. The molecule has 7 nitrogen and oxygen atoms in total. The van der Waals surface area contributed by atoms with Gasteiger partial charge in [0, 0.05) is 36.3 Å². The van der Waals surface area contributed by atoms with Crippen LogP contribution in [0.2, 0.25) is 5.28 Å². The molecule has 124 valence electrons. The first-order valence-corrected chi connectivity index (χ1v) is 8.30. The maximum atomic E-state index is 5.93. The molecule has 1 aromatic carbocycles. The van der Waals surface area contributed by atoms with E-state index in [4.69, 9.17) is 17.3 Å². The molecule has 1 aliphatic rings. The zero-order valence-corrected chi connectivity index (χ0v) is 13.8. The number of nitrogens with one attached hydrogen (secondary N) is 2. The fourth-order valence-electron chi connectivity index (χ4n) is 3.16. The Hall–Kier alpha value is -2.54. The van der Waals surface area contributed by atoms with Crippen molar-refractivity contribution in [2.75, 3.05) is 29.0 Å². The minimum absolute atomic E-state index is 0.186. The Labute approximate surface area is 144 Å². The summed E-state index contributed by atoms with van der Waals surface area (Å²) in [5.74, 6) is 1.18. The molecule has 1 fully saturated rings. The van der Waals surface area contributed by atoms with Gasteiger partial charge in [-0.25, -0.2) is 9.97 Å². The summed E-state index contributed by atoms with van der Waals surface area (Å²) in [7, 11) is 0. The number of anilines is 3. The van der Waals surface area contributed by atoms with Crippen molar-refractivity contribution in [2.45, 2.75) is 18.9 Å². The molecule has 0 saturated carbocycles. The van der Waals surface area contributed by atoms with Crippen LogP contribution >= 0.6 is 11.6 Å². The van der Waals surface area contributed by atoms with Crippen molar-refractivity contribution in [3.8, 4) is 0 Å². The van der Waals surface area contributed by atoms with Crippen LogP contribution in [0.15, 0.2) is 30.5 Å². The minimum atomic E-state index is 0.186. The van der Waals surface area contributed by atoms with E-state index in [1.54, 1.807) is 6.07 Å². The number of H-pyrrole nitrogens is 1. The summed E-state index contributed by atoms with van der Waals surface area (Å²) in [6, 6.07) is 8.32. The molecule has 1 saturated heterocycles. The van der Waals surface area contributed by atoms with E-state index >= 15 is 0 Å². The molecule has 0 aliphatic carbocycles. The van der Waals surface area contributed by atoms with Gasteiger partial charge in [-0.2, -0.15) is 5.10 Å². The predicted molar refractivity (Wildman–Crippen MR) is 96.4 cm³/mol. The van der Waals surface area contributed by atoms with Crippen molar-refractivity contribution in [1.82, 2.24) is 20.2 Å². The summed E-state index contributed by atoms with van der Waals surface area (Å²) in [6.45, 7) is 1.78. The fourth-order valence-corrected chi connectivity index (χ4v) is 3.34. The van der Waals surface area contributed by atoms with Crippen molar-refractivity contribution < 1.29 is 0 Å². The molecule has 8 heteroatoms. The lowest BCUT2D eigenvalue weighted by molar-refractivity contribution is 0.526. The minimum Gasteiger partial charge on any atom is -0.383 e. The lowest BCUT2D eigenvalue weighted by Gasteiger charge is -2.34. The maximum Gasteiger partial charge on any atom is 0.226 e. The number of hydrogen-bond donors (Lipinski definition) is 3. The quantitative estimate of drug-likeness (QED) is 0.633. The highest BCUT2D eigenvalue weighted by Gasteiger charge is 2.21. The molecule has 3 heterocycles. The van der Waals surface area contributed by atoms with Crippen LogP contribution in [0.3, 0.4) is 0 Å². The van der Waals surface area contributed by atoms with Gasteiger partial charge in [0.05, 0.1) is 11.7 Å². The Bertz CT molecular complexity index is 842. The number of nitrogen functional groups attached to an aromatic ring is 1. The van der Waals surface area contributed by atoms with E-state index in [0.29, 0.717) is 11.9 Å². The van der Waals surface area contributed by atoms with Crippen molar-refractivity contribution >= 4 is 39.8 Å². The lowest BCUT2D eigenvalue weighted by atomic mass is 10.0. The summed E-state index contributed by atoms with van der Waals surface area (Å²) in [4.78, 5) is 10.4. The summed E-state index contributed by atoms with van der Waals surface area (Å²) < 4.78 is 0. The highest BCUT2D eigenvalue weighted by atomic mass is 35.5. The lowest BCUT2D eigenvalue weighted by Crippen LogP contribution is -2.42. The first-order chi connectivity index (χ1) is 11.7. The van der Waals surface area contributed by atoms with Crippen molar-refractivity contribution in [1.29, 1.82) is 0 Å². The molecule has 4 N–H and O–H groups in total. The fraction of sp³-hybridized carbons (Fsp3) is 0.312. The average molecular weight is 344 g/mol. The van der Waals surface area contributed by atoms with Crippen LogP contribution in [0.1, 0.15) is 12.8 Å². The Morgan fingerprint density at radius 2 is 2.21 bits per heavy atom. The zero-order valence-electron chi connectivity index (χ0n) is 13.0. The molecule has 2 aromatic heterocycles. The maximum absolute atomic E-state index is 5.93. The third kappa shape index (κ3) is 3.07. The predicted octanol–water partition coefficient (Wildman–Crippen LogP) is 2.67. The van der Waals surface area contributed by atoms with Crippen molar-refractivity contribution in [2.24, 2.45) is 0 Å². The highest BCUT2D eigenvalue weighted by molar-refractivity contribution is 6.28. The highest BCUT2D eigenvalue weighted by Crippen LogP contribution is 2.24. The Kier molecular flexibility index (Phi) is 3.86. The molecular weight excluding hydrogens is 326 g/mol. The number of aromatic amines is 1. The van der Waals surface area contributed by atoms with Gasteiger partial charge in [0.2, 0.25) is 5.28 Å². The Balaban J connectivity index is 1.49. The molecule has 0 bridgehead atoms. The average Bonchev–Trinajstić information content (AvgIpc) is 3.02. The topological polar surface area (TPSA) is 95.8 Å². The van der Waals surface area contributed by atoms with Gasteiger partial charge in [0.15, 0.2) is 0 Å². The molecule has 0 radical (unpaired) electrons. The number of halogens is 1. The molecule has 0 amide bonds. The van der Waals surface area contributed by atoms with Crippen LogP contribution in [0.25, 0.3) is 10.9 Å². The normalized spacial score (nSPS) is 18.0. The first kappa shape index (κ1) is 15.0. The molecule has 3 aromatic rings. The summed E-state index contributed by atoms with van der Waals surface area (Å²) >= 11 is 5.93. The van der Waals surface area contributed by atoms with Crippen LogP contribution in [0.4, 0.5) is 17.3 Å². The van der Waals surface area contributed by atoms with Crippen LogP contribution in [-0.4, -0.2) is 39.3 Å². The molecule has 1 unspecified atom stereocenters. The number of fused-ring (bicyclic) bond motifs is 1. The molecular formula is C16H18ClN7. The Morgan fingerprint density at radius 1 is 1.29 bits per heavy atom. The molecule has 1 atom stereocenters. The van der Waals surface area contributed by atoms with Gasteiger partial charge in [-0.15, -0.1) is 0 Å². The van der Waals surface area contributed by atoms with Crippen LogP contribution < -0.4 is 16.0 Å². The van der Waals surface area contributed by atoms with Gasteiger partial charge < -0.3 is 16.0 Å². The first-order valence-electron chi connectivity index (χ1n) is 7.92. The zero-order chi connectivity index (χ0) is 16.5. The number of nitrogens with two attached hydrogens (primary N) is 1. The SMILES string of the molecule is Nc1cc(N2CCCC(Nc3ccc4[nH]ncc4c3)C2)nc(Cl)n1. The van der Waals surface area contributed by atoms with E-state index in [2.05, 4.69) is 42.5 Å². The van der Waals surface area contributed by atoms with E-state index < -0.39 is 0 Å². The van der Waals surface area contributed by atoms with Gasteiger partial charge >= 0.3 is 0 Å². The second-order valence-corrected chi connectivity index (χ2v) is 6.36. The summed E-state index contributed by atoms with van der Waals surface area (Å²) in [5.41, 5.74) is 7.91. The van der Waals surface area contributed by atoms with Crippen LogP contribution in [0, 0.1) is 0 Å². The summed E-state index contributed by atoms with van der Waals surface area (Å²) in [6.07, 6.45) is 4.01. The second-order valence-electron chi connectivity index (χ2n) is 6.02. The number of piperidine rings is 1. The Morgan fingerprint density at radius 3 is 3.08 bits per heavy atom. The van der Waals surface area contributed by atoms with Gasteiger partial charge in [0.1, 0.15) is 11.6 Å². The van der Waals surface area contributed by atoms with Gasteiger partial charge in [-0.3, -0.25) is 5.10 Å². The monoisotopic (exact) mass is 343 g/mol. The number of rotatable bonds is 3. The number of hydrogen-bond acceptors (Lipinski definition) is 6. The van der Waals surface area contributed by atoms with Crippen molar-refractivity contribution in [3.63, 3.8) is 0 Å². The molecule has 0 spiro atoms. The van der Waals surface area contributed by atoms with Crippen molar-refractivity contribution in [3.05, 3.63) is 35.7 Å². The van der Waals surface area contributed by atoms with Gasteiger partial charge in [0.25, 0.3) is 0 Å². The standard InChI is InChI=1S/C16H18ClN7/c17-16-21-14(18)7-15(22-16)24-5-1-2-12(9-24)20-11-3-4-13-10(6-11)8-19-23-13/h3-4,6-8,12,20H,1-2,5,9H2,(H,19,23)(H2,18,21,22). The second kappa shape index (κ2) is 6.16. The number of nitrogens with zero attached hydrogens (tertiary/aromatic N) is 4. The van der Waals surface area contributed by atoms with E-state index in [-0.39, 0.29) is 5.28 Å². The molecule has 4 rings (SSSR count). The van der Waals surface area contributed by atoms with Crippen LogP contribution in [0.5, 0.6) is 0 Å². The number of aromatic nitrogens is 4. The van der Waals surface area contributed by atoms with E-state index in [1.807, 2.05) is 12.3 Å².